The second kappa shape index (κ2) is 7.32. The summed E-state index contributed by atoms with van der Waals surface area (Å²) in [6.45, 7) is 3.76. The third kappa shape index (κ3) is 3.36. The maximum atomic E-state index is 12.7. The molecule has 27 heavy (non-hydrogen) atoms. The number of methoxy groups -OCH3 is 2. The second-order valence-electron chi connectivity index (χ2n) is 6.46. The van der Waals surface area contributed by atoms with E-state index >= 15 is 0 Å². The molecular formula is C21H22N2O4. The Morgan fingerprint density at radius 3 is 2.48 bits per heavy atom. The Balaban J connectivity index is 1.75. The number of anilines is 1. The molecule has 0 bridgehead atoms. The van der Waals surface area contributed by atoms with Gasteiger partial charge in [0.25, 0.3) is 0 Å². The summed E-state index contributed by atoms with van der Waals surface area (Å²) >= 11 is 0. The van der Waals surface area contributed by atoms with Crippen LogP contribution in [0, 0.1) is 0 Å². The minimum Gasteiger partial charge on any atom is -0.493 e. The number of ether oxygens (including phenoxy) is 2. The highest BCUT2D eigenvalue weighted by atomic mass is 16.5. The van der Waals surface area contributed by atoms with Gasteiger partial charge in [0, 0.05) is 43.5 Å². The molecule has 1 aliphatic heterocycles. The van der Waals surface area contributed by atoms with E-state index in [1.165, 1.54) is 6.07 Å². The molecule has 0 saturated carbocycles. The molecule has 6 nitrogen and oxygen atoms in total. The fourth-order valence-electron chi connectivity index (χ4n) is 3.40. The van der Waals surface area contributed by atoms with Gasteiger partial charge in [0.05, 0.1) is 19.6 Å². The van der Waals surface area contributed by atoms with E-state index in [-0.39, 0.29) is 5.43 Å². The Morgan fingerprint density at radius 2 is 1.74 bits per heavy atom. The minimum absolute atomic E-state index is 0.0574. The molecule has 0 radical (unpaired) electrons. The van der Waals surface area contributed by atoms with E-state index in [1.54, 1.807) is 26.4 Å². The first-order valence-corrected chi connectivity index (χ1v) is 8.95. The number of fused-ring (bicyclic) bond motifs is 1. The normalized spacial score (nSPS) is 14.4. The summed E-state index contributed by atoms with van der Waals surface area (Å²) in [7, 11) is 3.17. The summed E-state index contributed by atoms with van der Waals surface area (Å²) < 4.78 is 16.6. The first-order valence-electron chi connectivity index (χ1n) is 8.95. The molecule has 140 valence electrons. The van der Waals surface area contributed by atoms with Gasteiger partial charge in [0.1, 0.15) is 11.3 Å². The van der Waals surface area contributed by atoms with Gasteiger partial charge in [-0.3, -0.25) is 4.79 Å². The van der Waals surface area contributed by atoms with E-state index in [0.29, 0.717) is 28.2 Å². The van der Waals surface area contributed by atoms with Crippen LogP contribution in [-0.4, -0.2) is 40.4 Å². The van der Waals surface area contributed by atoms with Crippen molar-refractivity contribution in [2.45, 2.75) is 0 Å². The van der Waals surface area contributed by atoms with Crippen molar-refractivity contribution in [3.63, 3.8) is 0 Å². The van der Waals surface area contributed by atoms with E-state index in [9.17, 15) is 4.79 Å². The summed E-state index contributed by atoms with van der Waals surface area (Å²) in [5.74, 6) is 1.72. The molecule has 1 aliphatic rings. The summed E-state index contributed by atoms with van der Waals surface area (Å²) in [5.41, 5.74) is 2.33. The lowest BCUT2D eigenvalue weighted by Gasteiger charge is -2.29. The number of benzene rings is 2. The number of hydrogen-bond donors (Lipinski definition) is 1. The van der Waals surface area contributed by atoms with Crippen molar-refractivity contribution in [3.8, 4) is 22.8 Å². The first-order chi connectivity index (χ1) is 13.2. The number of rotatable bonds is 4. The fourth-order valence-corrected chi connectivity index (χ4v) is 3.40. The van der Waals surface area contributed by atoms with Crippen molar-refractivity contribution in [2.75, 3.05) is 45.3 Å². The number of nitrogens with zero attached hydrogens (tertiary/aromatic N) is 1. The van der Waals surface area contributed by atoms with Crippen LogP contribution in [0.15, 0.2) is 51.7 Å². The van der Waals surface area contributed by atoms with Crippen molar-refractivity contribution < 1.29 is 13.9 Å². The standard InChI is InChI=1S/C21H22N2O4/c1-25-19-5-3-14(11-21(19)26-2)20-13-17(24)16-12-15(4-6-18(16)27-20)23-9-7-22-8-10-23/h3-6,11-13,22H,7-10H2,1-2H3. The lowest BCUT2D eigenvalue weighted by Crippen LogP contribution is -2.43. The molecule has 0 aliphatic carbocycles. The molecule has 4 rings (SSSR count). The molecule has 1 N–H and O–H groups in total. The largest absolute Gasteiger partial charge is 0.493 e. The Morgan fingerprint density at radius 1 is 0.963 bits per heavy atom. The lowest BCUT2D eigenvalue weighted by molar-refractivity contribution is 0.355. The SMILES string of the molecule is COc1ccc(-c2cc(=O)c3cc(N4CCNCC4)ccc3o2)cc1OC. The Bertz CT molecular complexity index is 1020. The van der Waals surface area contributed by atoms with Crippen LogP contribution in [0.1, 0.15) is 0 Å². The molecule has 1 saturated heterocycles. The van der Waals surface area contributed by atoms with Crippen molar-refractivity contribution in [1.29, 1.82) is 0 Å². The summed E-state index contributed by atoms with van der Waals surface area (Å²) in [4.78, 5) is 15.0. The quantitative estimate of drug-likeness (QED) is 0.766. The molecule has 0 amide bonds. The van der Waals surface area contributed by atoms with E-state index in [4.69, 9.17) is 13.9 Å². The molecule has 1 fully saturated rings. The average molecular weight is 366 g/mol. The molecule has 2 aromatic carbocycles. The van der Waals surface area contributed by atoms with Gasteiger partial charge < -0.3 is 24.1 Å². The summed E-state index contributed by atoms with van der Waals surface area (Å²) in [6, 6.07) is 12.8. The predicted octanol–water partition coefficient (Wildman–Crippen LogP) is 2.89. The molecule has 0 unspecified atom stereocenters. The monoisotopic (exact) mass is 366 g/mol. The maximum absolute atomic E-state index is 12.7. The highest BCUT2D eigenvalue weighted by molar-refractivity contribution is 5.82. The maximum Gasteiger partial charge on any atom is 0.193 e. The van der Waals surface area contributed by atoms with Gasteiger partial charge in [-0.15, -0.1) is 0 Å². The fraction of sp³-hybridized carbons (Fsp3) is 0.286. The van der Waals surface area contributed by atoms with Crippen LogP contribution in [0.3, 0.4) is 0 Å². The zero-order valence-corrected chi connectivity index (χ0v) is 15.5. The third-order valence-electron chi connectivity index (χ3n) is 4.86. The van der Waals surface area contributed by atoms with Crippen molar-refractivity contribution in [1.82, 2.24) is 5.32 Å². The predicted molar refractivity (Wildman–Crippen MR) is 106 cm³/mol. The number of piperazine rings is 1. The van der Waals surface area contributed by atoms with Crippen molar-refractivity contribution >= 4 is 16.7 Å². The minimum atomic E-state index is -0.0574. The van der Waals surface area contributed by atoms with Gasteiger partial charge in [0.2, 0.25) is 0 Å². The van der Waals surface area contributed by atoms with Gasteiger partial charge in [-0.25, -0.2) is 0 Å². The van der Waals surface area contributed by atoms with Crippen LogP contribution in [-0.2, 0) is 0 Å². The van der Waals surface area contributed by atoms with E-state index in [0.717, 1.165) is 37.4 Å². The average Bonchev–Trinajstić information content (AvgIpc) is 2.73. The van der Waals surface area contributed by atoms with Gasteiger partial charge in [-0.2, -0.15) is 0 Å². The van der Waals surface area contributed by atoms with Crippen molar-refractivity contribution in [3.05, 3.63) is 52.7 Å². The Labute approximate surface area is 157 Å². The Kier molecular flexibility index (Phi) is 4.73. The molecule has 2 heterocycles. The van der Waals surface area contributed by atoms with Gasteiger partial charge in [-0.1, -0.05) is 0 Å². The van der Waals surface area contributed by atoms with Crippen LogP contribution in [0.4, 0.5) is 5.69 Å². The zero-order chi connectivity index (χ0) is 18.8. The molecule has 3 aromatic rings. The van der Waals surface area contributed by atoms with E-state index in [2.05, 4.69) is 10.2 Å². The van der Waals surface area contributed by atoms with E-state index < -0.39 is 0 Å². The first kappa shape index (κ1) is 17.4. The molecule has 0 spiro atoms. The van der Waals surface area contributed by atoms with Crippen molar-refractivity contribution in [2.24, 2.45) is 0 Å². The highest BCUT2D eigenvalue weighted by Crippen LogP contribution is 2.33. The summed E-state index contributed by atoms with van der Waals surface area (Å²) in [5, 5.41) is 3.93. The molecular weight excluding hydrogens is 344 g/mol. The zero-order valence-electron chi connectivity index (χ0n) is 15.5. The lowest BCUT2D eigenvalue weighted by atomic mass is 10.1. The molecule has 0 atom stereocenters. The highest BCUT2D eigenvalue weighted by Gasteiger charge is 2.14. The Hall–Kier alpha value is -2.99. The van der Waals surface area contributed by atoms with Crippen LogP contribution >= 0.6 is 0 Å². The van der Waals surface area contributed by atoms with Gasteiger partial charge >= 0.3 is 0 Å². The number of nitrogens with one attached hydrogen (secondary N) is 1. The van der Waals surface area contributed by atoms with Crippen LogP contribution < -0.4 is 25.1 Å². The molecule has 6 heteroatoms. The van der Waals surface area contributed by atoms with Crippen LogP contribution in [0.2, 0.25) is 0 Å². The molecule has 1 aromatic heterocycles. The smallest absolute Gasteiger partial charge is 0.193 e. The topological polar surface area (TPSA) is 63.9 Å². The second-order valence-corrected chi connectivity index (χ2v) is 6.46. The number of hydrogen-bond acceptors (Lipinski definition) is 6. The van der Waals surface area contributed by atoms with Crippen LogP contribution in [0.25, 0.3) is 22.3 Å². The van der Waals surface area contributed by atoms with Gasteiger partial charge in [0.15, 0.2) is 16.9 Å². The van der Waals surface area contributed by atoms with Gasteiger partial charge in [-0.05, 0) is 36.4 Å². The van der Waals surface area contributed by atoms with Crippen LogP contribution in [0.5, 0.6) is 11.5 Å². The summed E-state index contributed by atoms with van der Waals surface area (Å²) in [6.07, 6.45) is 0. The van der Waals surface area contributed by atoms with E-state index in [1.807, 2.05) is 24.3 Å². The third-order valence-corrected chi connectivity index (χ3v) is 4.86.